The molecule has 220 valence electrons. The predicted octanol–water partition coefficient (Wildman–Crippen LogP) is 12.0. The second-order valence-electron chi connectivity index (χ2n) is 14.7. The van der Waals surface area contributed by atoms with E-state index >= 15 is 0 Å². The predicted molar refractivity (Wildman–Crippen MR) is 191 cm³/mol. The van der Waals surface area contributed by atoms with Crippen LogP contribution in [0.5, 0.6) is 0 Å². The summed E-state index contributed by atoms with van der Waals surface area (Å²) in [5, 5.41) is 0. The lowest BCUT2D eigenvalue weighted by molar-refractivity contribution is 0.709. The molecule has 0 spiro atoms. The Kier molecular flexibility index (Phi) is 7.54. The fourth-order valence-electron chi connectivity index (χ4n) is 8.44. The Morgan fingerprint density at radius 2 is 0.860 bits per heavy atom. The molecule has 6 rings (SSSR count). The van der Waals surface area contributed by atoms with E-state index in [0.29, 0.717) is 22.9 Å². The Labute approximate surface area is 261 Å². The van der Waals surface area contributed by atoms with Crippen molar-refractivity contribution in [3.63, 3.8) is 0 Å². The second-order valence-corrected chi connectivity index (χ2v) is 19.5. The van der Waals surface area contributed by atoms with Crippen molar-refractivity contribution in [1.82, 2.24) is 0 Å². The van der Waals surface area contributed by atoms with Gasteiger partial charge in [-0.15, -0.1) is 0 Å². The van der Waals surface area contributed by atoms with Gasteiger partial charge < -0.3 is 0 Å². The number of hydrogen-bond donors (Lipinski definition) is 0. The Morgan fingerprint density at radius 1 is 0.512 bits per heavy atom. The SMILES string of the molecule is Cc1cc(C)cc(-c2cccc3c2C=C(C(C)C)C3[Si](C)(C)C2C(C(C)C)=Cc3c(-c4cc(C)cc(C)c4)cccc32)c1. The molecule has 0 saturated carbocycles. The average Bonchev–Trinajstić information content (AvgIpc) is 3.52. The molecule has 0 fully saturated rings. The van der Waals surface area contributed by atoms with Gasteiger partial charge in [0.25, 0.3) is 0 Å². The highest BCUT2D eigenvalue weighted by Gasteiger charge is 2.49. The van der Waals surface area contributed by atoms with Crippen molar-refractivity contribution in [2.75, 3.05) is 0 Å². The van der Waals surface area contributed by atoms with Crippen LogP contribution in [-0.2, 0) is 0 Å². The molecule has 2 atom stereocenters. The molecular weight excluding hydrogens is 533 g/mol. The molecule has 0 bridgehead atoms. The minimum Gasteiger partial charge on any atom is -0.0679 e. The van der Waals surface area contributed by atoms with E-state index in [1.54, 1.807) is 22.3 Å². The molecule has 0 N–H and O–H groups in total. The number of hydrogen-bond acceptors (Lipinski definition) is 0. The van der Waals surface area contributed by atoms with E-state index in [9.17, 15) is 0 Å². The first-order valence-electron chi connectivity index (χ1n) is 16.2. The third-order valence-corrected chi connectivity index (χ3v) is 14.3. The molecule has 0 radical (unpaired) electrons. The minimum absolute atomic E-state index is 0.483. The third-order valence-electron chi connectivity index (χ3n) is 10.1. The summed E-state index contributed by atoms with van der Waals surface area (Å²) in [5.74, 6) is 1.01. The van der Waals surface area contributed by atoms with Crippen LogP contribution in [0, 0.1) is 39.5 Å². The fraction of sp³-hybridized carbons (Fsp3) is 0.333. The van der Waals surface area contributed by atoms with Crippen molar-refractivity contribution in [3.8, 4) is 22.3 Å². The maximum absolute atomic E-state index is 2.69. The molecule has 43 heavy (non-hydrogen) atoms. The number of allylic oxidation sites excluding steroid dienone is 2. The standard InChI is InChI=1S/C42H48Si/c1-25(2)37-23-39-33(31-19-27(5)17-28(6)20-31)13-11-15-35(39)41(37)43(9,10)42-36-16-12-14-34(40(36)24-38(42)26(3)4)32-21-29(7)18-30(8)22-32/h11-26,41-42H,1-10H3. The van der Waals surface area contributed by atoms with Crippen molar-refractivity contribution in [3.05, 3.63) is 128 Å². The lowest BCUT2D eigenvalue weighted by atomic mass is 9.94. The van der Waals surface area contributed by atoms with Gasteiger partial charge in [0, 0.05) is 11.1 Å². The first-order chi connectivity index (χ1) is 20.4. The van der Waals surface area contributed by atoms with Gasteiger partial charge in [-0.05, 0) is 84.0 Å². The van der Waals surface area contributed by atoms with Crippen LogP contribution in [0.2, 0.25) is 13.1 Å². The maximum Gasteiger partial charge on any atom is 0.0722 e. The van der Waals surface area contributed by atoms with Crippen LogP contribution in [-0.4, -0.2) is 8.07 Å². The summed E-state index contributed by atoms with van der Waals surface area (Å²) in [6.07, 6.45) is 5.18. The second kappa shape index (κ2) is 10.9. The lowest BCUT2D eigenvalue weighted by Gasteiger charge is -2.41. The minimum atomic E-state index is -2.02. The Balaban J connectivity index is 1.53. The van der Waals surface area contributed by atoms with Crippen LogP contribution in [0.25, 0.3) is 34.4 Å². The van der Waals surface area contributed by atoms with Gasteiger partial charge in [-0.3, -0.25) is 0 Å². The summed E-state index contributed by atoms with van der Waals surface area (Å²) in [7, 11) is -2.02. The molecule has 1 heteroatoms. The first kappa shape index (κ1) is 29.6. The van der Waals surface area contributed by atoms with Gasteiger partial charge in [0.15, 0.2) is 0 Å². The number of rotatable bonds is 6. The zero-order chi connectivity index (χ0) is 30.8. The highest BCUT2D eigenvalue weighted by atomic mass is 28.3. The van der Waals surface area contributed by atoms with E-state index in [2.05, 4.69) is 153 Å². The van der Waals surface area contributed by atoms with Crippen molar-refractivity contribution in [2.45, 2.75) is 79.6 Å². The summed E-state index contributed by atoms with van der Waals surface area (Å²) >= 11 is 0. The number of aryl methyl sites for hydroxylation is 4. The molecule has 2 aliphatic rings. The largest absolute Gasteiger partial charge is 0.0722 e. The van der Waals surface area contributed by atoms with Gasteiger partial charge in [0.2, 0.25) is 0 Å². The summed E-state index contributed by atoms with van der Waals surface area (Å²) in [6, 6.07) is 28.3. The van der Waals surface area contributed by atoms with Crippen LogP contribution in [0.4, 0.5) is 0 Å². The average molecular weight is 581 g/mol. The zero-order valence-corrected chi connectivity index (χ0v) is 28.9. The van der Waals surface area contributed by atoms with E-state index in [4.69, 9.17) is 0 Å². The van der Waals surface area contributed by atoms with Gasteiger partial charge in [0.05, 0.1) is 8.07 Å². The summed E-state index contributed by atoms with van der Waals surface area (Å²) in [5.41, 5.74) is 21.0. The topological polar surface area (TPSA) is 0 Å². The molecular formula is C42H48Si. The van der Waals surface area contributed by atoms with Crippen LogP contribution in [0.1, 0.15) is 83.3 Å². The van der Waals surface area contributed by atoms with E-state index in [1.807, 2.05) is 0 Å². The third kappa shape index (κ3) is 5.10. The van der Waals surface area contributed by atoms with Crippen molar-refractivity contribution < 1.29 is 0 Å². The molecule has 2 aliphatic carbocycles. The molecule has 4 aromatic rings. The molecule has 0 amide bonds. The van der Waals surface area contributed by atoms with Crippen molar-refractivity contribution in [1.29, 1.82) is 0 Å². The van der Waals surface area contributed by atoms with E-state index < -0.39 is 8.07 Å². The van der Waals surface area contributed by atoms with Gasteiger partial charge in [-0.2, -0.15) is 0 Å². The Hall–Kier alpha value is -3.42. The molecule has 0 saturated heterocycles. The van der Waals surface area contributed by atoms with Gasteiger partial charge >= 0.3 is 0 Å². The summed E-state index contributed by atoms with van der Waals surface area (Å²) in [6.45, 7) is 23.9. The summed E-state index contributed by atoms with van der Waals surface area (Å²) < 4.78 is 0. The normalized spacial score (nSPS) is 17.8. The monoisotopic (exact) mass is 580 g/mol. The highest BCUT2D eigenvalue weighted by molar-refractivity contribution is 6.81. The Bertz CT molecular complexity index is 1620. The van der Waals surface area contributed by atoms with Crippen LogP contribution in [0.15, 0.2) is 83.9 Å². The number of benzene rings is 4. The molecule has 4 aromatic carbocycles. The maximum atomic E-state index is 2.69. The van der Waals surface area contributed by atoms with Crippen LogP contribution < -0.4 is 0 Å². The number of fused-ring (bicyclic) bond motifs is 2. The summed E-state index contributed by atoms with van der Waals surface area (Å²) in [4.78, 5) is 0. The Morgan fingerprint density at radius 3 is 1.19 bits per heavy atom. The first-order valence-corrected chi connectivity index (χ1v) is 19.4. The smallest absolute Gasteiger partial charge is 0.0679 e. The van der Waals surface area contributed by atoms with Gasteiger partial charge in [-0.25, -0.2) is 0 Å². The molecule has 0 heterocycles. The van der Waals surface area contributed by atoms with E-state index in [1.165, 1.54) is 55.6 Å². The van der Waals surface area contributed by atoms with E-state index in [0.717, 1.165) is 0 Å². The van der Waals surface area contributed by atoms with E-state index in [-0.39, 0.29) is 0 Å². The molecule has 2 unspecified atom stereocenters. The van der Waals surface area contributed by atoms with Gasteiger partial charge in [0.1, 0.15) is 0 Å². The zero-order valence-electron chi connectivity index (χ0n) is 27.9. The molecule has 0 nitrogen and oxygen atoms in total. The van der Waals surface area contributed by atoms with Crippen LogP contribution >= 0.6 is 0 Å². The lowest BCUT2D eigenvalue weighted by Crippen LogP contribution is -2.44. The van der Waals surface area contributed by atoms with Crippen molar-refractivity contribution in [2.24, 2.45) is 11.8 Å². The van der Waals surface area contributed by atoms with Crippen LogP contribution in [0.3, 0.4) is 0 Å². The highest BCUT2D eigenvalue weighted by Crippen LogP contribution is 2.56. The van der Waals surface area contributed by atoms with Gasteiger partial charge in [-0.1, -0.05) is 159 Å². The molecule has 0 aromatic heterocycles. The fourth-order valence-corrected chi connectivity index (χ4v) is 13.4. The molecule has 0 aliphatic heterocycles. The van der Waals surface area contributed by atoms with Crippen molar-refractivity contribution >= 4 is 20.2 Å². The quantitative estimate of drug-likeness (QED) is 0.199.